The molecule has 1 heterocycles. The van der Waals surface area contributed by atoms with E-state index < -0.39 is 0 Å². The van der Waals surface area contributed by atoms with E-state index in [4.69, 9.17) is 4.74 Å². The zero-order valence-corrected chi connectivity index (χ0v) is 9.46. The fraction of sp³-hybridized carbons (Fsp3) is 0.455. The van der Waals surface area contributed by atoms with Crippen LogP contribution in [-0.4, -0.2) is 36.7 Å². The molecule has 0 bridgehead atoms. The predicted octanol–water partition coefficient (Wildman–Crippen LogP) is 1.12. The molecule has 0 amide bonds. The number of nitrogens with one attached hydrogen (secondary N) is 1. The Kier molecular flexibility index (Phi) is 3.51. The second-order valence-electron chi connectivity index (χ2n) is 3.56. The van der Waals surface area contributed by atoms with E-state index >= 15 is 0 Å². The molecule has 1 saturated heterocycles. The van der Waals surface area contributed by atoms with Crippen LogP contribution in [0.4, 0.5) is 0 Å². The first-order valence-electron chi connectivity index (χ1n) is 4.99. The first-order chi connectivity index (χ1) is 7.29. The standard InChI is InChI=1S/C11H15NO2S/c1-14-8-3-2-4-9(5-8)15-11-7-12-6-10(11)13/h2-5,10-13H,6-7H2,1H3. The molecule has 2 unspecified atom stereocenters. The van der Waals surface area contributed by atoms with Gasteiger partial charge in [-0.15, -0.1) is 11.8 Å². The summed E-state index contributed by atoms with van der Waals surface area (Å²) in [6, 6.07) is 7.93. The topological polar surface area (TPSA) is 41.5 Å². The maximum absolute atomic E-state index is 9.66. The van der Waals surface area contributed by atoms with E-state index in [1.807, 2.05) is 24.3 Å². The highest BCUT2D eigenvalue weighted by molar-refractivity contribution is 8.00. The van der Waals surface area contributed by atoms with E-state index in [0.717, 1.165) is 17.2 Å². The van der Waals surface area contributed by atoms with Crippen LogP contribution in [0.15, 0.2) is 29.2 Å². The van der Waals surface area contributed by atoms with E-state index in [1.165, 1.54) is 0 Å². The molecular weight excluding hydrogens is 210 g/mol. The largest absolute Gasteiger partial charge is 0.497 e. The summed E-state index contributed by atoms with van der Waals surface area (Å²) in [7, 11) is 1.66. The minimum Gasteiger partial charge on any atom is -0.497 e. The van der Waals surface area contributed by atoms with E-state index in [1.54, 1.807) is 18.9 Å². The normalized spacial score (nSPS) is 25.5. The van der Waals surface area contributed by atoms with Gasteiger partial charge in [0.15, 0.2) is 0 Å². The van der Waals surface area contributed by atoms with E-state index in [9.17, 15) is 5.11 Å². The molecule has 0 spiro atoms. The molecule has 1 fully saturated rings. The summed E-state index contributed by atoms with van der Waals surface area (Å²) in [5.74, 6) is 0.862. The van der Waals surface area contributed by atoms with Crippen molar-refractivity contribution < 1.29 is 9.84 Å². The molecule has 1 aromatic rings. The molecule has 1 aliphatic heterocycles. The molecule has 3 nitrogen and oxygen atoms in total. The van der Waals surface area contributed by atoms with Crippen LogP contribution in [-0.2, 0) is 0 Å². The smallest absolute Gasteiger partial charge is 0.119 e. The van der Waals surface area contributed by atoms with Crippen molar-refractivity contribution in [1.82, 2.24) is 5.32 Å². The van der Waals surface area contributed by atoms with Crippen molar-refractivity contribution >= 4 is 11.8 Å². The quantitative estimate of drug-likeness (QED) is 0.809. The molecule has 0 aliphatic carbocycles. The lowest BCUT2D eigenvalue weighted by Crippen LogP contribution is -2.19. The van der Waals surface area contributed by atoms with E-state index in [0.29, 0.717) is 6.54 Å². The lowest BCUT2D eigenvalue weighted by Gasteiger charge is -2.13. The number of rotatable bonds is 3. The lowest BCUT2D eigenvalue weighted by molar-refractivity contribution is 0.201. The van der Waals surface area contributed by atoms with Gasteiger partial charge in [-0.1, -0.05) is 6.07 Å². The zero-order valence-electron chi connectivity index (χ0n) is 8.64. The van der Waals surface area contributed by atoms with Crippen molar-refractivity contribution in [2.45, 2.75) is 16.2 Å². The van der Waals surface area contributed by atoms with Gasteiger partial charge >= 0.3 is 0 Å². The SMILES string of the molecule is COc1cccc(SC2CNCC2O)c1. The third kappa shape index (κ3) is 2.65. The molecule has 0 aromatic heterocycles. The summed E-state index contributed by atoms with van der Waals surface area (Å²) in [5, 5.41) is 13.1. The first-order valence-corrected chi connectivity index (χ1v) is 5.87. The molecule has 4 heteroatoms. The van der Waals surface area contributed by atoms with Crippen LogP contribution in [0.1, 0.15) is 0 Å². The monoisotopic (exact) mass is 225 g/mol. The van der Waals surface area contributed by atoms with Gasteiger partial charge in [0.25, 0.3) is 0 Å². The minimum atomic E-state index is -0.249. The Morgan fingerprint density at radius 3 is 3.00 bits per heavy atom. The van der Waals surface area contributed by atoms with Crippen LogP contribution in [0.3, 0.4) is 0 Å². The van der Waals surface area contributed by atoms with Crippen molar-refractivity contribution in [2.75, 3.05) is 20.2 Å². The molecule has 0 saturated carbocycles. The van der Waals surface area contributed by atoms with Gasteiger partial charge in [0.05, 0.1) is 13.2 Å². The Hall–Kier alpha value is -0.710. The Morgan fingerprint density at radius 2 is 2.33 bits per heavy atom. The van der Waals surface area contributed by atoms with Crippen LogP contribution in [0.5, 0.6) is 5.75 Å². The highest BCUT2D eigenvalue weighted by Crippen LogP contribution is 2.29. The highest BCUT2D eigenvalue weighted by Gasteiger charge is 2.25. The van der Waals surface area contributed by atoms with Gasteiger partial charge < -0.3 is 15.2 Å². The third-order valence-corrected chi connectivity index (χ3v) is 3.77. The van der Waals surface area contributed by atoms with Gasteiger partial charge in [-0.2, -0.15) is 0 Å². The molecule has 15 heavy (non-hydrogen) atoms. The second kappa shape index (κ2) is 4.88. The molecular formula is C11H15NO2S. The van der Waals surface area contributed by atoms with Crippen LogP contribution in [0.25, 0.3) is 0 Å². The molecule has 0 radical (unpaired) electrons. The van der Waals surface area contributed by atoms with Gasteiger partial charge in [-0.3, -0.25) is 0 Å². The Balaban J connectivity index is 2.03. The first kappa shape index (κ1) is 10.8. The number of ether oxygens (including phenoxy) is 1. The van der Waals surface area contributed by atoms with Crippen molar-refractivity contribution in [1.29, 1.82) is 0 Å². The van der Waals surface area contributed by atoms with Gasteiger partial charge in [-0.05, 0) is 18.2 Å². The number of aliphatic hydroxyl groups excluding tert-OH is 1. The molecule has 2 atom stereocenters. The molecule has 1 aromatic carbocycles. The molecule has 2 N–H and O–H groups in total. The average molecular weight is 225 g/mol. The Labute approximate surface area is 93.8 Å². The highest BCUT2D eigenvalue weighted by atomic mass is 32.2. The van der Waals surface area contributed by atoms with Crippen molar-refractivity contribution in [3.05, 3.63) is 24.3 Å². The summed E-state index contributed by atoms with van der Waals surface area (Å²) in [4.78, 5) is 1.14. The number of benzene rings is 1. The van der Waals surface area contributed by atoms with Crippen molar-refractivity contribution in [3.63, 3.8) is 0 Å². The summed E-state index contributed by atoms with van der Waals surface area (Å²) in [5.41, 5.74) is 0. The van der Waals surface area contributed by atoms with Crippen LogP contribution < -0.4 is 10.1 Å². The molecule has 1 aliphatic rings. The minimum absolute atomic E-state index is 0.247. The van der Waals surface area contributed by atoms with Crippen molar-refractivity contribution in [3.8, 4) is 5.75 Å². The van der Waals surface area contributed by atoms with Gasteiger partial charge in [-0.25, -0.2) is 0 Å². The number of hydrogen-bond acceptors (Lipinski definition) is 4. The molecule has 2 rings (SSSR count). The van der Waals surface area contributed by atoms with E-state index in [2.05, 4.69) is 5.32 Å². The summed E-state index contributed by atoms with van der Waals surface area (Å²) in [6.07, 6.45) is -0.249. The van der Waals surface area contributed by atoms with Crippen molar-refractivity contribution in [2.24, 2.45) is 0 Å². The Bertz CT molecular complexity index is 332. The van der Waals surface area contributed by atoms with Gasteiger partial charge in [0, 0.05) is 23.2 Å². The Morgan fingerprint density at radius 1 is 1.47 bits per heavy atom. The second-order valence-corrected chi connectivity index (χ2v) is 4.87. The maximum Gasteiger partial charge on any atom is 0.119 e. The van der Waals surface area contributed by atoms with E-state index in [-0.39, 0.29) is 11.4 Å². The fourth-order valence-electron chi connectivity index (χ4n) is 1.61. The fourth-order valence-corrected chi connectivity index (χ4v) is 2.76. The third-order valence-electron chi connectivity index (χ3n) is 2.46. The number of hydrogen-bond donors (Lipinski definition) is 2. The number of thioether (sulfide) groups is 1. The lowest BCUT2D eigenvalue weighted by atomic mass is 10.3. The summed E-state index contributed by atoms with van der Waals surface area (Å²) in [6.45, 7) is 1.56. The van der Waals surface area contributed by atoms with Gasteiger partial charge in [0.2, 0.25) is 0 Å². The van der Waals surface area contributed by atoms with Crippen LogP contribution in [0, 0.1) is 0 Å². The zero-order chi connectivity index (χ0) is 10.7. The molecule has 82 valence electrons. The predicted molar refractivity (Wildman–Crippen MR) is 61.5 cm³/mol. The maximum atomic E-state index is 9.66. The number of aliphatic hydroxyl groups is 1. The summed E-state index contributed by atoms with van der Waals surface area (Å²) >= 11 is 1.70. The van der Waals surface area contributed by atoms with Crippen LogP contribution in [0.2, 0.25) is 0 Å². The number of β-amino-alcohol motifs (C(OH)–C–C–N with tert-alkyl or cyclic N) is 1. The van der Waals surface area contributed by atoms with Crippen LogP contribution >= 0.6 is 11.8 Å². The average Bonchev–Trinajstić information content (AvgIpc) is 2.65. The van der Waals surface area contributed by atoms with Gasteiger partial charge in [0.1, 0.15) is 5.75 Å². The summed E-state index contributed by atoms with van der Waals surface area (Å²) < 4.78 is 5.15. The number of methoxy groups -OCH3 is 1.